The Morgan fingerprint density at radius 3 is 1.24 bits per heavy atom. The zero-order valence-corrected chi connectivity index (χ0v) is 32.1. The number of esters is 2. The lowest BCUT2D eigenvalue weighted by atomic mass is 9.97. The number of fused-ring (bicyclic) bond motifs is 2. The van der Waals surface area contributed by atoms with Crippen LogP contribution in [0.4, 0.5) is 0 Å². The predicted octanol–water partition coefficient (Wildman–Crippen LogP) is 9.45. The summed E-state index contributed by atoms with van der Waals surface area (Å²) >= 11 is 13.5. The summed E-state index contributed by atoms with van der Waals surface area (Å²) in [6.07, 6.45) is 0.238. The molecule has 6 rings (SSSR count). The molecule has 0 N–H and O–H groups in total. The molecular formula is C44H42Cl2N2O6. The van der Waals surface area contributed by atoms with Gasteiger partial charge in [0.1, 0.15) is 11.5 Å². The molecule has 0 aliphatic heterocycles. The largest absolute Gasteiger partial charge is 0.493 e. The van der Waals surface area contributed by atoms with Gasteiger partial charge in [0.15, 0.2) is 11.4 Å². The third kappa shape index (κ3) is 8.03. The maximum atomic E-state index is 14.1. The van der Waals surface area contributed by atoms with Crippen LogP contribution in [0.15, 0.2) is 133 Å². The van der Waals surface area contributed by atoms with Gasteiger partial charge < -0.3 is 18.9 Å². The second-order valence-corrected chi connectivity index (χ2v) is 14.1. The minimum Gasteiger partial charge on any atom is -0.493 e. The quantitative estimate of drug-likeness (QED) is 0.0617. The van der Waals surface area contributed by atoms with Crippen LogP contribution in [0.25, 0.3) is 21.5 Å². The van der Waals surface area contributed by atoms with Crippen molar-refractivity contribution < 1.29 is 28.5 Å². The summed E-state index contributed by atoms with van der Waals surface area (Å²) in [5.74, 6) is -1.09. The topological polar surface area (TPSA) is 77.5 Å². The average Bonchev–Trinajstić information content (AvgIpc) is 3.17. The zero-order valence-electron chi connectivity index (χ0n) is 30.6. The van der Waals surface area contributed by atoms with Crippen molar-refractivity contribution in [3.8, 4) is 11.5 Å². The van der Waals surface area contributed by atoms with E-state index in [9.17, 15) is 9.59 Å². The second-order valence-electron chi connectivity index (χ2n) is 13.2. The molecule has 278 valence electrons. The van der Waals surface area contributed by atoms with E-state index in [1.165, 1.54) is 0 Å². The van der Waals surface area contributed by atoms with Gasteiger partial charge >= 0.3 is 11.9 Å². The molecule has 6 aromatic carbocycles. The van der Waals surface area contributed by atoms with Gasteiger partial charge in [-0.25, -0.2) is 9.59 Å². The van der Waals surface area contributed by atoms with Crippen LogP contribution in [0.2, 0.25) is 10.0 Å². The van der Waals surface area contributed by atoms with Crippen LogP contribution in [-0.2, 0) is 30.5 Å². The van der Waals surface area contributed by atoms with Crippen molar-refractivity contribution >= 4 is 56.7 Å². The number of halogens is 2. The van der Waals surface area contributed by atoms with Gasteiger partial charge in [0.05, 0.1) is 13.2 Å². The SMILES string of the molecule is CN(C)C(CCOc1cccc2ccccc12)(OC(=O)C(=O)OC(CCOc1cccc2ccccc12)(c1ccccc1Cl)N(C)C)c1ccccc1Cl. The normalized spacial score (nSPS) is 13.7. The molecule has 8 nitrogen and oxygen atoms in total. The number of hydrogen-bond donors (Lipinski definition) is 0. The third-order valence-electron chi connectivity index (χ3n) is 9.62. The molecule has 0 fully saturated rings. The van der Waals surface area contributed by atoms with Gasteiger partial charge in [-0.1, -0.05) is 132 Å². The Labute approximate surface area is 325 Å². The van der Waals surface area contributed by atoms with E-state index >= 15 is 0 Å². The Bertz CT molecular complexity index is 2090. The molecule has 2 atom stereocenters. The first-order valence-corrected chi connectivity index (χ1v) is 18.3. The fourth-order valence-electron chi connectivity index (χ4n) is 6.78. The highest BCUT2D eigenvalue weighted by molar-refractivity contribution is 6.32. The predicted molar refractivity (Wildman–Crippen MR) is 214 cm³/mol. The summed E-state index contributed by atoms with van der Waals surface area (Å²) < 4.78 is 25.1. The number of hydrogen-bond acceptors (Lipinski definition) is 8. The van der Waals surface area contributed by atoms with E-state index in [0.29, 0.717) is 32.7 Å². The van der Waals surface area contributed by atoms with Crippen LogP contribution in [-0.4, -0.2) is 63.1 Å². The molecule has 0 aliphatic rings. The molecule has 10 heteroatoms. The summed E-state index contributed by atoms with van der Waals surface area (Å²) in [5.41, 5.74) is -2.09. The molecule has 0 saturated heterocycles. The minimum atomic E-state index is -1.53. The summed E-state index contributed by atoms with van der Waals surface area (Å²) in [5, 5.41) is 4.64. The Hall–Kier alpha value is -5.12. The van der Waals surface area contributed by atoms with Gasteiger partial charge in [0, 0.05) is 44.8 Å². The molecule has 0 aliphatic carbocycles. The molecule has 0 radical (unpaired) electrons. The summed E-state index contributed by atoms with van der Waals surface area (Å²) in [4.78, 5) is 31.7. The van der Waals surface area contributed by atoms with E-state index in [1.807, 2.05) is 84.9 Å². The van der Waals surface area contributed by atoms with Gasteiger partial charge in [-0.3, -0.25) is 9.80 Å². The smallest absolute Gasteiger partial charge is 0.419 e. The second kappa shape index (κ2) is 16.9. The van der Waals surface area contributed by atoms with Gasteiger partial charge in [0.2, 0.25) is 0 Å². The van der Waals surface area contributed by atoms with Crippen molar-refractivity contribution in [1.82, 2.24) is 9.80 Å². The summed E-state index contributed by atoms with van der Waals surface area (Å²) in [7, 11) is 6.99. The molecule has 54 heavy (non-hydrogen) atoms. The number of ether oxygens (including phenoxy) is 4. The van der Waals surface area contributed by atoms with Gasteiger partial charge in [-0.2, -0.15) is 0 Å². The highest BCUT2D eigenvalue weighted by Gasteiger charge is 2.46. The maximum absolute atomic E-state index is 14.1. The van der Waals surface area contributed by atoms with Crippen molar-refractivity contribution in [3.63, 3.8) is 0 Å². The molecule has 2 unspecified atom stereocenters. The van der Waals surface area contributed by atoms with E-state index in [2.05, 4.69) is 0 Å². The molecule has 0 spiro atoms. The monoisotopic (exact) mass is 764 g/mol. The van der Waals surface area contributed by atoms with Crippen molar-refractivity contribution in [3.05, 3.63) is 155 Å². The van der Waals surface area contributed by atoms with E-state index in [-0.39, 0.29) is 26.1 Å². The van der Waals surface area contributed by atoms with Crippen molar-refractivity contribution in [2.24, 2.45) is 0 Å². The van der Waals surface area contributed by atoms with E-state index in [1.54, 1.807) is 86.5 Å². The van der Waals surface area contributed by atoms with Crippen LogP contribution in [0, 0.1) is 0 Å². The van der Waals surface area contributed by atoms with Crippen LogP contribution >= 0.6 is 23.2 Å². The van der Waals surface area contributed by atoms with Crippen molar-refractivity contribution in [1.29, 1.82) is 0 Å². The highest BCUT2D eigenvalue weighted by Crippen LogP contribution is 2.40. The van der Waals surface area contributed by atoms with Gasteiger partial charge in [-0.05, 0) is 63.2 Å². The Morgan fingerprint density at radius 2 is 0.852 bits per heavy atom. The summed E-state index contributed by atoms with van der Waals surface area (Å²) in [6, 6.07) is 41.5. The van der Waals surface area contributed by atoms with E-state index in [4.69, 9.17) is 42.1 Å². The van der Waals surface area contributed by atoms with Crippen LogP contribution in [0.1, 0.15) is 24.0 Å². The van der Waals surface area contributed by atoms with Crippen molar-refractivity contribution in [2.75, 3.05) is 41.4 Å². The number of carbonyl (C=O) groups is 2. The number of benzene rings is 6. The first kappa shape index (κ1) is 38.6. The van der Waals surface area contributed by atoms with E-state index in [0.717, 1.165) is 21.5 Å². The van der Waals surface area contributed by atoms with Crippen LogP contribution in [0.3, 0.4) is 0 Å². The third-order valence-corrected chi connectivity index (χ3v) is 10.3. The molecule has 0 saturated carbocycles. The zero-order chi connectivity index (χ0) is 38.3. The Balaban J connectivity index is 1.29. The minimum absolute atomic E-state index is 0.118. The molecule has 0 heterocycles. The van der Waals surface area contributed by atoms with Crippen molar-refractivity contribution in [2.45, 2.75) is 24.3 Å². The fraction of sp³-hybridized carbons (Fsp3) is 0.227. The number of carbonyl (C=O) groups excluding carboxylic acids is 2. The number of nitrogens with zero attached hydrogens (tertiary/aromatic N) is 2. The number of rotatable bonds is 14. The Morgan fingerprint density at radius 1 is 0.500 bits per heavy atom. The van der Waals surface area contributed by atoms with E-state index < -0.39 is 23.4 Å². The Kier molecular flexibility index (Phi) is 12.1. The maximum Gasteiger partial charge on any atom is 0.419 e. The lowest BCUT2D eigenvalue weighted by molar-refractivity contribution is -0.212. The molecular weight excluding hydrogens is 723 g/mol. The van der Waals surface area contributed by atoms with Crippen LogP contribution < -0.4 is 9.47 Å². The highest BCUT2D eigenvalue weighted by atomic mass is 35.5. The standard InChI is InChI=1S/C44H42Cl2N2O6/c1-47(2)43(35-21-9-11-23-37(35)45,27-29-51-39-25-13-17-31-15-5-7-19-33(31)39)53-41(49)42(50)54-44(48(3)4,36-22-10-12-24-38(36)46)28-30-52-40-26-14-18-32-16-6-8-20-34(32)40/h5-26H,27-30H2,1-4H3. The molecule has 0 bridgehead atoms. The van der Waals surface area contributed by atoms with Gasteiger partial charge in [-0.15, -0.1) is 0 Å². The lowest BCUT2D eigenvalue weighted by Crippen LogP contribution is -2.51. The van der Waals surface area contributed by atoms with Crippen LogP contribution in [0.5, 0.6) is 11.5 Å². The van der Waals surface area contributed by atoms with Gasteiger partial charge in [0.25, 0.3) is 0 Å². The lowest BCUT2D eigenvalue weighted by Gasteiger charge is -2.41. The molecule has 0 amide bonds. The first-order valence-electron chi connectivity index (χ1n) is 17.6. The average molecular weight is 766 g/mol. The first-order chi connectivity index (χ1) is 26.1. The summed E-state index contributed by atoms with van der Waals surface area (Å²) in [6.45, 7) is 0.235. The molecule has 6 aromatic rings. The fourth-order valence-corrected chi connectivity index (χ4v) is 7.35. The molecule has 0 aromatic heterocycles.